The van der Waals surface area contributed by atoms with E-state index in [2.05, 4.69) is 26.4 Å². The van der Waals surface area contributed by atoms with Gasteiger partial charge in [0.15, 0.2) is 5.84 Å². The Morgan fingerprint density at radius 3 is 2.93 bits per heavy atom. The molecule has 0 amide bonds. The number of oxime groups is 1. The number of hydrogen-bond acceptors (Lipinski definition) is 3. The van der Waals surface area contributed by atoms with Crippen molar-refractivity contribution in [1.82, 2.24) is 0 Å². The first-order valence-corrected chi connectivity index (χ1v) is 5.40. The molecule has 82 valence electrons. The van der Waals surface area contributed by atoms with Crippen molar-refractivity contribution in [2.75, 3.05) is 5.32 Å². The number of nitrogens with two attached hydrogens (primary N) is 1. The Morgan fingerprint density at radius 2 is 2.33 bits per heavy atom. The van der Waals surface area contributed by atoms with E-state index in [1.165, 1.54) is 0 Å². The topological polar surface area (TPSA) is 70.6 Å². The average Bonchev–Trinajstić information content (AvgIpc) is 2.22. The predicted octanol–water partition coefficient (Wildman–Crippen LogP) is 2.65. The second-order valence-electron chi connectivity index (χ2n) is 3.02. The number of amidine groups is 1. The molecule has 0 fully saturated rings. The number of hydrogen-bond donors (Lipinski definition) is 3. The first-order valence-electron chi connectivity index (χ1n) is 4.23. The number of nitrogens with one attached hydrogen (secondary N) is 1. The molecule has 1 aromatic rings. The molecule has 4 nitrogen and oxygen atoms in total. The second-order valence-corrected chi connectivity index (χ2v) is 4.31. The third kappa shape index (κ3) is 3.28. The van der Waals surface area contributed by atoms with Crippen molar-refractivity contribution in [3.8, 4) is 0 Å². The maximum atomic E-state index is 8.49. The standard InChI is InChI=1S/C9H11BrClN3O/c1-5(9(12)14-15)13-8-4-6(11)2-3-7(8)10/h2-5,13,15H,1H3,(H2,12,14). The van der Waals surface area contributed by atoms with Crippen molar-refractivity contribution in [2.24, 2.45) is 10.9 Å². The van der Waals surface area contributed by atoms with Crippen LogP contribution in [-0.4, -0.2) is 17.1 Å². The largest absolute Gasteiger partial charge is 0.409 e. The minimum Gasteiger partial charge on any atom is -0.409 e. The summed E-state index contributed by atoms with van der Waals surface area (Å²) in [7, 11) is 0. The zero-order valence-electron chi connectivity index (χ0n) is 8.04. The van der Waals surface area contributed by atoms with Crippen molar-refractivity contribution < 1.29 is 5.21 Å². The molecule has 0 aromatic heterocycles. The van der Waals surface area contributed by atoms with Crippen LogP contribution in [0.2, 0.25) is 5.02 Å². The molecule has 1 atom stereocenters. The molecule has 0 aliphatic rings. The summed E-state index contributed by atoms with van der Waals surface area (Å²) in [5.41, 5.74) is 6.23. The lowest BCUT2D eigenvalue weighted by Gasteiger charge is -2.15. The molecule has 0 aliphatic carbocycles. The van der Waals surface area contributed by atoms with Crippen LogP contribution in [-0.2, 0) is 0 Å². The van der Waals surface area contributed by atoms with Gasteiger partial charge in [0, 0.05) is 9.50 Å². The highest BCUT2D eigenvalue weighted by Crippen LogP contribution is 2.26. The molecule has 6 heteroatoms. The highest BCUT2D eigenvalue weighted by Gasteiger charge is 2.09. The van der Waals surface area contributed by atoms with Gasteiger partial charge in [-0.2, -0.15) is 0 Å². The normalized spacial score (nSPS) is 13.7. The lowest BCUT2D eigenvalue weighted by atomic mass is 10.2. The van der Waals surface area contributed by atoms with Gasteiger partial charge in [-0.3, -0.25) is 0 Å². The average molecular weight is 293 g/mol. The van der Waals surface area contributed by atoms with Gasteiger partial charge in [0.05, 0.1) is 11.7 Å². The van der Waals surface area contributed by atoms with E-state index in [1.54, 1.807) is 19.1 Å². The van der Waals surface area contributed by atoms with Crippen molar-refractivity contribution in [2.45, 2.75) is 13.0 Å². The summed E-state index contributed by atoms with van der Waals surface area (Å²) in [4.78, 5) is 0. The van der Waals surface area contributed by atoms with Crippen molar-refractivity contribution in [1.29, 1.82) is 0 Å². The Bertz CT molecular complexity index is 384. The summed E-state index contributed by atoms with van der Waals surface area (Å²) in [6.45, 7) is 1.78. The fourth-order valence-corrected chi connectivity index (χ4v) is 1.54. The fraction of sp³-hybridized carbons (Fsp3) is 0.222. The van der Waals surface area contributed by atoms with E-state index < -0.39 is 0 Å². The van der Waals surface area contributed by atoms with Crippen LogP contribution in [0.3, 0.4) is 0 Å². The molecule has 1 aromatic carbocycles. The molecule has 0 heterocycles. The lowest BCUT2D eigenvalue weighted by molar-refractivity contribution is 0.316. The van der Waals surface area contributed by atoms with Crippen LogP contribution in [0.1, 0.15) is 6.92 Å². The molecular weight excluding hydrogens is 281 g/mol. The van der Waals surface area contributed by atoms with E-state index in [-0.39, 0.29) is 11.9 Å². The molecule has 1 unspecified atom stereocenters. The molecule has 4 N–H and O–H groups in total. The highest BCUT2D eigenvalue weighted by molar-refractivity contribution is 9.10. The number of nitrogens with zero attached hydrogens (tertiary/aromatic N) is 1. The Kier molecular flexibility index (Phi) is 4.23. The molecule has 1 rings (SSSR count). The Morgan fingerprint density at radius 1 is 1.67 bits per heavy atom. The molecule has 0 saturated heterocycles. The summed E-state index contributed by atoms with van der Waals surface area (Å²) in [6, 6.07) is 5.08. The van der Waals surface area contributed by atoms with E-state index in [4.69, 9.17) is 22.5 Å². The summed E-state index contributed by atoms with van der Waals surface area (Å²) in [6.07, 6.45) is 0. The molecule has 15 heavy (non-hydrogen) atoms. The maximum Gasteiger partial charge on any atom is 0.161 e. The van der Waals surface area contributed by atoms with E-state index in [1.807, 2.05) is 6.07 Å². The third-order valence-electron chi connectivity index (χ3n) is 1.86. The van der Waals surface area contributed by atoms with Gasteiger partial charge in [0.2, 0.25) is 0 Å². The van der Waals surface area contributed by atoms with Gasteiger partial charge < -0.3 is 16.3 Å². The van der Waals surface area contributed by atoms with Crippen LogP contribution in [0.15, 0.2) is 27.8 Å². The van der Waals surface area contributed by atoms with Crippen LogP contribution in [0.25, 0.3) is 0 Å². The third-order valence-corrected chi connectivity index (χ3v) is 2.79. The van der Waals surface area contributed by atoms with Crippen LogP contribution in [0.5, 0.6) is 0 Å². The molecule has 0 spiro atoms. The minimum atomic E-state index is -0.273. The number of halogens is 2. The van der Waals surface area contributed by atoms with Crippen LogP contribution in [0, 0.1) is 0 Å². The highest BCUT2D eigenvalue weighted by atomic mass is 79.9. The van der Waals surface area contributed by atoms with Crippen molar-refractivity contribution >= 4 is 39.1 Å². The summed E-state index contributed by atoms with van der Waals surface area (Å²) >= 11 is 9.21. The van der Waals surface area contributed by atoms with E-state index in [0.29, 0.717) is 5.02 Å². The van der Waals surface area contributed by atoms with E-state index in [9.17, 15) is 0 Å². The SMILES string of the molecule is CC(Nc1cc(Cl)ccc1Br)/C(N)=N/O. The van der Waals surface area contributed by atoms with Crippen LogP contribution >= 0.6 is 27.5 Å². The number of rotatable bonds is 3. The minimum absolute atomic E-state index is 0.113. The van der Waals surface area contributed by atoms with Gasteiger partial charge in [-0.05, 0) is 41.1 Å². The quantitative estimate of drug-likeness (QED) is 0.347. The van der Waals surface area contributed by atoms with Crippen molar-refractivity contribution in [3.05, 3.63) is 27.7 Å². The second kappa shape index (κ2) is 5.23. The van der Waals surface area contributed by atoms with Gasteiger partial charge in [-0.1, -0.05) is 16.8 Å². The van der Waals surface area contributed by atoms with Crippen molar-refractivity contribution in [3.63, 3.8) is 0 Å². The van der Waals surface area contributed by atoms with Gasteiger partial charge in [-0.15, -0.1) is 0 Å². The maximum absolute atomic E-state index is 8.49. The predicted molar refractivity (Wildman–Crippen MR) is 65.6 cm³/mol. The Balaban J connectivity index is 2.85. The van der Waals surface area contributed by atoms with E-state index >= 15 is 0 Å². The molecular formula is C9H11BrClN3O. The zero-order valence-corrected chi connectivity index (χ0v) is 10.4. The van der Waals surface area contributed by atoms with Gasteiger partial charge in [-0.25, -0.2) is 0 Å². The Labute approximate surface area is 101 Å². The fourth-order valence-electron chi connectivity index (χ4n) is 1.00. The summed E-state index contributed by atoms with van der Waals surface area (Å²) < 4.78 is 0.865. The number of benzene rings is 1. The molecule has 0 saturated carbocycles. The number of anilines is 1. The van der Waals surface area contributed by atoms with Gasteiger partial charge in [0.25, 0.3) is 0 Å². The molecule has 0 aliphatic heterocycles. The zero-order chi connectivity index (χ0) is 11.4. The Hall–Kier alpha value is -0.940. The lowest BCUT2D eigenvalue weighted by Crippen LogP contribution is -2.32. The summed E-state index contributed by atoms with van der Waals surface area (Å²) in [5.74, 6) is 0.113. The first kappa shape index (κ1) is 12.1. The molecule has 0 bridgehead atoms. The van der Waals surface area contributed by atoms with Gasteiger partial charge >= 0.3 is 0 Å². The first-order chi connectivity index (χ1) is 7.04. The summed E-state index contributed by atoms with van der Waals surface area (Å²) in [5, 5.41) is 15.1. The van der Waals surface area contributed by atoms with Gasteiger partial charge in [0.1, 0.15) is 0 Å². The van der Waals surface area contributed by atoms with Crippen LogP contribution in [0.4, 0.5) is 5.69 Å². The van der Waals surface area contributed by atoms with Crippen LogP contribution < -0.4 is 11.1 Å². The molecule has 0 radical (unpaired) electrons. The van der Waals surface area contributed by atoms with E-state index in [0.717, 1.165) is 10.2 Å². The smallest absolute Gasteiger partial charge is 0.161 e. The monoisotopic (exact) mass is 291 g/mol.